The summed E-state index contributed by atoms with van der Waals surface area (Å²) in [6.45, 7) is 0.161. The summed E-state index contributed by atoms with van der Waals surface area (Å²) >= 11 is 0. The van der Waals surface area contributed by atoms with Gasteiger partial charge in [-0.25, -0.2) is 4.79 Å². The Kier molecular flexibility index (Phi) is 5.97. The Morgan fingerprint density at radius 1 is 1.50 bits per heavy atom. The molecular weight excluding hydrogens is 188 g/mol. The largest absolute Gasteiger partial charge is 0.480 e. The molecule has 0 spiro atoms. The predicted molar refractivity (Wildman–Crippen MR) is 48.4 cm³/mol. The van der Waals surface area contributed by atoms with Gasteiger partial charge in [-0.2, -0.15) is 0 Å². The van der Waals surface area contributed by atoms with Crippen LogP contribution < -0.4 is 11.1 Å². The standard InChI is InChI=1S/C8H12N2O4/c9-4-3-6(8(13)14)10-7(12)2-1-5-11/h1-2,5-6H,3-4,9H2,(H,10,12)(H,13,14)/b2-1+/t6-/m1/s1. The zero-order valence-electron chi connectivity index (χ0n) is 7.47. The van der Waals surface area contributed by atoms with Crippen LogP contribution in [0, 0.1) is 0 Å². The van der Waals surface area contributed by atoms with Crippen LogP contribution in [0.4, 0.5) is 0 Å². The summed E-state index contributed by atoms with van der Waals surface area (Å²) in [5.41, 5.74) is 5.15. The van der Waals surface area contributed by atoms with Crippen molar-refractivity contribution in [3.05, 3.63) is 12.2 Å². The fraction of sp³-hybridized carbons (Fsp3) is 0.375. The normalized spacial score (nSPS) is 12.4. The smallest absolute Gasteiger partial charge is 0.326 e. The molecule has 1 atom stereocenters. The average molecular weight is 200 g/mol. The third-order valence-corrected chi connectivity index (χ3v) is 1.40. The van der Waals surface area contributed by atoms with Crippen molar-refractivity contribution in [2.24, 2.45) is 5.73 Å². The SMILES string of the molecule is NCC[C@@H](NC(=O)/C=C/C=O)C(=O)O. The van der Waals surface area contributed by atoms with Crippen LogP contribution in [-0.2, 0) is 14.4 Å². The molecule has 0 aliphatic carbocycles. The van der Waals surface area contributed by atoms with Gasteiger partial charge in [0.25, 0.3) is 0 Å². The molecule has 1 amide bonds. The summed E-state index contributed by atoms with van der Waals surface area (Å²) in [7, 11) is 0. The minimum atomic E-state index is -1.15. The van der Waals surface area contributed by atoms with E-state index < -0.39 is 17.9 Å². The van der Waals surface area contributed by atoms with Crippen molar-refractivity contribution in [1.29, 1.82) is 0 Å². The van der Waals surface area contributed by atoms with E-state index in [2.05, 4.69) is 5.32 Å². The summed E-state index contributed by atoms with van der Waals surface area (Å²) in [5, 5.41) is 10.8. The molecular formula is C8H12N2O4. The number of carboxylic acids is 1. The second-order valence-electron chi connectivity index (χ2n) is 2.47. The van der Waals surface area contributed by atoms with Crippen molar-refractivity contribution in [3.63, 3.8) is 0 Å². The number of nitrogens with one attached hydrogen (secondary N) is 1. The van der Waals surface area contributed by atoms with Gasteiger partial charge >= 0.3 is 5.97 Å². The minimum Gasteiger partial charge on any atom is -0.480 e. The molecule has 0 aliphatic rings. The van der Waals surface area contributed by atoms with Gasteiger partial charge in [0.15, 0.2) is 0 Å². The molecule has 6 heteroatoms. The van der Waals surface area contributed by atoms with Gasteiger partial charge in [0.05, 0.1) is 0 Å². The van der Waals surface area contributed by atoms with E-state index in [-0.39, 0.29) is 13.0 Å². The van der Waals surface area contributed by atoms with Crippen LogP contribution in [0.1, 0.15) is 6.42 Å². The summed E-state index contributed by atoms with van der Waals surface area (Å²) in [4.78, 5) is 31.3. The number of aldehydes is 1. The van der Waals surface area contributed by atoms with Crippen molar-refractivity contribution in [3.8, 4) is 0 Å². The van der Waals surface area contributed by atoms with E-state index in [0.717, 1.165) is 12.2 Å². The van der Waals surface area contributed by atoms with E-state index in [4.69, 9.17) is 10.8 Å². The van der Waals surface area contributed by atoms with E-state index >= 15 is 0 Å². The highest BCUT2D eigenvalue weighted by Gasteiger charge is 2.17. The van der Waals surface area contributed by atoms with Gasteiger partial charge < -0.3 is 16.2 Å². The number of carboxylic acid groups (broad SMARTS) is 1. The fourth-order valence-corrected chi connectivity index (χ4v) is 0.771. The zero-order chi connectivity index (χ0) is 11.0. The number of carbonyl (C=O) groups is 3. The van der Waals surface area contributed by atoms with Crippen LogP contribution in [0.25, 0.3) is 0 Å². The summed E-state index contributed by atoms with van der Waals surface area (Å²) in [5.74, 6) is -1.78. The molecule has 78 valence electrons. The molecule has 0 aromatic carbocycles. The number of nitrogens with two attached hydrogens (primary N) is 1. The number of carbonyl (C=O) groups excluding carboxylic acids is 2. The van der Waals surface area contributed by atoms with Crippen molar-refractivity contribution in [1.82, 2.24) is 5.32 Å². The molecule has 0 radical (unpaired) electrons. The quantitative estimate of drug-likeness (QED) is 0.363. The molecule has 14 heavy (non-hydrogen) atoms. The number of hydrogen-bond acceptors (Lipinski definition) is 4. The van der Waals surface area contributed by atoms with E-state index in [1.807, 2.05) is 0 Å². The molecule has 0 rings (SSSR count). The van der Waals surface area contributed by atoms with Crippen molar-refractivity contribution >= 4 is 18.2 Å². The number of amides is 1. The third kappa shape index (κ3) is 5.04. The molecule has 4 N–H and O–H groups in total. The average Bonchev–Trinajstić information content (AvgIpc) is 2.14. The first kappa shape index (κ1) is 12.3. The van der Waals surface area contributed by atoms with Gasteiger partial charge in [0.2, 0.25) is 5.91 Å². The zero-order valence-corrected chi connectivity index (χ0v) is 7.47. The molecule has 0 saturated carbocycles. The highest BCUT2D eigenvalue weighted by atomic mass is 16.4. The lowest BCUT2D eigenvalue weighted by Gasteiger charge is -2.11. The minimum absolute atomic E-state index is 0.149. The maximum absolute atomic E-state index is 10.9. The highest BCUT2D eigenvalue weighted by Crippen LogP contribution is 1.90. The second-order valence-corrected chi connectivity index (χ2v) is 2.47. The van der Waals surface area contributed by atoms with E-state index in [1.165, 1.54) is 0 Å². The maximum Gasteiger partial charge on any atom is 0.326 e. The molecule has 0 aliphatic heterocycles. The van der Waals surface area contributed by atoms with E-state index in [0.29, 0.717) is 6.29 Å². The monoisotopic (exact) mass is 200 g/mol. The predicted octanol–water partition coefficient (Wildman–Crippen LogP) is -1.34. The lowest BCUT2D eigenvalue weighted by molar-refractivity contribution is -0.141. The molecule has 0 aromatic heterocycles. The van der Waals surface area contributed by atoms with Gasteiger partial charge in [-0.15, -0.1) is 0 Å². The lowest BCUT2D eigenvalue weighted by Crippen LogP contribution is -2.41. The Bertz CT molecular complexity index is 250. The van der Waals surface area contributed by atoms with Crippen LogP contribution in [0.3, 0.4) is 0 Å². The van der Waals surface area contributed by atoms with Crippen LogP contribution >= 0.6 is 0 Å². The fourth-order valence-electron chi connectivity index (χ4n) is 0.771. The van der Waals surface area contributed by atoms with Crippen LogP contribution in [0.2, 0.25) is 0 Å². The summed E-state index contributed by atoms with van der Waals surface area (Å²) in [6, 6.07) is -1.01. The Labute approximate surface area is 80.8 Å². The first-order chi connectivity index (χ1) is 6.61. The van der Waals surface area contributed by atoms with Crippen molar-refractivity contribution in [2.75, 3.05) is 6.54 Å². The second kappa shape index (κ2) is 6.79. The topological polar surface area (TPSA) is 109 Å². The van der Waals surface area contributed by atoms with Gasteiger partial charge in [0.1, 0.15) is 12.3 Å². The van der Waals surface area contributed by atoms with Gasteiger partial charge in [-0.05, 0) is 19.0 Å². The molecule has 0 heterocycles. The Hall–Kier alpha value is -1.69. The van der Waals surface area contributed by atoms with Crippen molar-refractivity contribution in [2.45, 2.75) is 12.5 Å². The van der Waals surface area contributed by atoms with Crippen LogP contribution in [0.15, 0.2) is 12.2 Å². The van der Waals surface area contributed by atoms with E-state index in [1.54, 1.807) is 0 Å². The molecule has 0 aromatic rings. The molecule has 6 nitrogen and oxygen atoms in total. The van der Waals surface area contributed by atoms with Gasteiger partial charge in [-0.1, -0.05) is 0 Å². The van der Waals surface area contributed by atoms with Crippen LogP contribution in [-0.4, -0.2) is 35.9 Å². The van der Waals surface area contributed by atoms with Gasteiger partial charge in [0, 0.05) is 6.08 Å². The summed E-state index contributed by atoms with van der Waals surface area (Å²) in [6.07, 6.45) is 2.52. The molecule has 0 bridgehead atoms. The number of hydrogen-bond donors (Lipinski definition) is 3. The molecule has 0 unspecified atom stereocenters. The Balaban J connectivity index is 4.15. The highest BCUT2D eigenvalue weighted by molar-refractivity contribution is 5.93. The molecule has 0 fully saturated rings. The maximum atomic E-state index is 10.9. The number of aliphatic carboxylic acids is 1. The lowest BCUT2D eigenvalue weighted by atomic mass is 10.2. The summed E-state index contributed by atoms with van der Waals surface area (Å²) < 4.78 is 0. The van der Waals surface area contributed by atoms with Gasteiger partial charge in [-0.3, -0.25) is 9.59 Å². The number of rotatable bonds is 6. The first-order valence-corrected chi connectivity index (χ1v) is 3.97. The Morgan fingerprint density at radius 2 is 2.14 bits per heavy atom. The molecule has 0 saturated heterocycles. The van der Waals surface area contributed by atoms with Crippen LogP contribution in [0.5, 0.6) is 0 Å². The van der Waals surface area contributed by atoms with Crippen molar-refractivity contribution < 1.29 is 19.5 Å². The third-order valence-electron chi connectivity index (χ3n) is 1.40. The van der Waals surface area contributed by atoms with E-state index in [9.17, 15) is 14.4 Å². The first-order valence-electron chi connectivity index (χ1n) is 3.97. The number of allylic oxidation sites excluding steroid dienone is 1. The Morgan fingerprint density at radius 3 is 2.57 bits per heavy atom.